The highest BCUT2D eigenvalue weighted by Gasteiger charge is 2.50. The van der Waals surface area contributed by atoms with Gasteiger partial charge in [-0.2, -0.15) is 0 Å². The zero-order valence-electron chi connectivity index (χ0n) is 54.4. The number of hydrogen-bond donors (Lipinski definition) is 0. The van der Waals surface area contributed by atoms with E-state index in [9.17, 15) is 19.2 Å². The summed E-state index contributed by atoms with van der Waals surface area (Å²) < 4.78 is 26.1. The smallest absolute Gasteiger partial charge is 0.309 e. The molecule has 4 heterocycles. The molecule has 2 aliphatic heterocycles. The Kier molecular flexibility index (Phi) is 26.7. The molecule has 0 saturated carbocycles. The van der Waals surface area contributed by atoms with Gasteiger partial charge in [-0.3, -0.25) is 19.2 Å². The molecule has 0 spiro atoms. The third-order valence-corrected chi connectivity index (χ3v) is 29.5. The molecule has 2 aliphatic rings. The first-order chi connectivity index (χ1) is 36.7. The number of esters is 2. The minimum atomic E-state index is -2.29. The van der Waals surface area contributed by atoms with Crippen molar-refractivity contribution in [3.8, 4) is 0 Å². The van der Waals surface area contributed by atoms with Crippen LogP contribution in [0.5, 0.6) is 0 Å². The van der Waals surface area contributed by atoms with Gasteiger partial charge in [-0.25, -0.2) is 9.97 Å². The normalized spacial score (nSPS) is 29.2. The average molecular weight is 1180 g/mol. The summed E-state index contributed by atoms with van der Waals surface area (Å²) in [6.07, 6.45) is 18.3. The maximum atomic E-state index is 14.1. The first-order valence-electron chi connectivity index (χ1n) is 30.1. The minimum absolute atomic E-state index is 0.0468. The largest absolute Gasteiger partial charge is 0.457 e. The van der Waals surface area contributed by atoms with E-state index in [2.05, 4.69) is 144 Å². The zero-order valence-corrected chi connectivity index (χ0v) is 58.1. The molecule has 0 bridgehead atoms. The van der Waals surface area contributed by atoms with Gasteiger partial charge in [0.1, 0.15) is 23.8 Å². The van der Waals surface area contributed by atoms with Crippen LogP contribution in [0.15, 0.2) is 46.2 Å². The summed E-state index contributed by atoms with van der Waals surface area (Å²) in [5, 5.41) is 5.93. The number of carbonyl (C=O) groups is 4. The Labute approximate surface area is 496 Å². The molecule has 2 aromatic heterocycles. The zero-order chi connectivity index (χ0) is 60.9. The number of allylic oxidation sites excluding steroid dienone is 2. The van der Waals surface area contributed by atoms with Gasteiger partial charge < -0.3 is 18.3 Å². The second-order valence-corrected chi connectivity index (χ2v) is 39.8. The maximum Gasteiger partial charge on any atom is 0.309 e. The molecule has 0 saturated heterocycles. The van der Waals surface area contributed by atoms with Crippen molar-refractivity contribution < 1.29 is 37.5 Å². The first kappa shape index (κ1) is 71.1. The fourth-order valence-corrected chi connectivity index (χ4v) is 14.2. The monoisotopic (exact) mass is 1180 g/mol. The van der Waals surface area contributed by atoms with E-state index in [0.29, 0.717) is 24.7 Å². The van der Waals surface area contributed by atoms with Crippen molar-refractivity contribution in [3.63, 3.8) is 0 Å². The van der Waals surface area contributed by atoms with Gasteiger partial charge in [-0.05, 0) is 137 Å². The van der Waals surface area contributed by atoms with E-state index in [1.807, 2.05) is 78.3 Å². The van der Waals surface area contributed by atoms with Crippen molar-refractivity contribution in [2.45, 2.75) is 263 Å². The number of ether oxygens (including phenoxy) is 2. The van der Waals surface area contributed by atoms with Crippen LogP contribution in [0.3, 0.4) is 0 Å². The second kappa shape index (κ2) is 30.1. The van der Waals surface area contributed by atoms with Crippen molar-refractivity contribution in [1.82, 2.24) is 9.97 Å². The van der Waals surface area contributed by atoms with Crippen LogP contribution in [-0.4, -0.2) is 74.5 Å². The molecule has 0 N–H and O–H groups in total. The van der Waals surface area contributed by atoms with Gasteiger partial charge in [0.2, 0.25) is 0 Å². The van der Waals surface area contributed by atoms with Crippen LogP contribution in [0.4, 0.5) is 0 Å². The van der Waals surface area contributed by atoms with E-state index in [-0.39, 0.29) is 70.1 Å². The molecule has 0 aromatic carbocycles. The molecule has 10 atom stereocenters. The molecule has 2 aromatic rings. The van der Waals surface area contributed by atoms with Crippen LogP contribution in [0.1, 0.15) is 210 Å². The first-order valence-corrected chi connectivity index (χ1v) is 37.6. The van der Waals surface area contributed by atoms with Gasteiger partial charge in [0.25, 0.3) is 0 Å². The van der Waals surface area contributed by atoms with Crippen LogP contribution < -0.4 is 0 Å². The molecule has 0 aliphatic carbocycles. The molecule has 0 radical (unpaired) electrons. The lowest BCUT2D eigenvalue weighted by Crippen LogP contribution is -2.52. The Balaban J connectivity index is 0.000000420. The van der Waals surface area contributed by atoms with Crippen molar-refractivity contribution in [2.75, 3.05) is 0 Å². The van der Waals surface area contributed by atoms with Crippen molar-refractivity contribution in [3.05, 3.63) is 67.6 Å². The number of carbonyl (C=O) groups excluding carboxylic acids is 4. The van der Waals surface area contributed by atoms with Crippen LogP contribution in [0, 0.1) is 60.2 Å². The molecule has 80 heavy (non-hydrogen) atoms. The van der Waals surface area contributed by atoms with Gasteiger partial charge in [0.05, 0.1) is 46.5 Å². The third kappa shape index (κ3) is 20.6. The number of aromatic nitrogens is 2. The SMILES string of the molecule is C/C(=C\c1csc(C)n1)[C@@H]1C/C=C\CCC[C@H](C)[C@@H](C)[C@H](C)C(=O)C(C)(C)[C@@H](O[Si](C)(C)C(C)(C)C)CC(=O)O1.C/C(=C\c1csc(C)n1)[C@@H]1C/C=C\CCC[C@H](C)[C@H](C)[C@@H](C)C(=O)C(C)(C)[C@@H](O[Si](C)(C)C(C)(C)C)CC(=O)O1. The maximum absolute atomic E-state index is 14.1. The molecule has 452 valence electrons. The fourth-order valence-electron chi connectivity index (χ4n) is 10.1. The molecule has 4 rings (SSSR count). The average Bonchev–Trinajstić information content (AvgIpc) is 3.97. The van der Waals surface area contributed by atoms with Crippen molar-refractivity contribution in [2.24, 2.45) is 46.3 Å². The molecule has 14 heteroatoms. The predicted molar refractivity (Wildman–Crippen MR) is 342 cm³/mol. The highest BCUT2D eigenvalue weighted by Crippen LogP contribution is 2.45. The number of Topliss-reactive ketones (excluding diaryl/α,β-unsaturated/α-hetero) is 2. The van der Waals surface area contributed by atoms with E-state index in [1.165, 1.54) is 0 Å². The Morgan fingerprint density at radius 2 is 0.912 bits per heavy atom. The molecule has 10 nitrogen and oxygen atoms in total. The fraction of sp³-hybridized carbons (Fsp3) is 0.727. The Morgan fingerprint density at radius 3 is 1.20 bits per heavy atom. The summed E-state index contributed by atoms with van der Waals surface area (Å²) in [7, 11) is -4.59. The van der Waals surface area contributed by atoms with E-state index in [1.54, 1.807) is 22.7 Å². The quantitative estimate of drug-likeness (QED) is 0.143. The summed E-state index contributed by atoms with van der Waals surface area (Å²) >= 11 is 3.21. The Bertz CT molecular complexity index is 2300. The summed E-state index contributed by atoms with van der Waals surface area (Å²) in [4.78, 5) is 64.6. The molecular weight excluding hydrogens is 1070 g/mol. The van der Waals surface area contributed by atoms with Crippen molar-refractivity contribution in [1.29, 1.82) is 0 Å². The van der Waals surface area contributed by atoms with Crippen LogP contribution in [0.2, 0.25) is 36.3 Å². The molecule has 0 fully saturated rings. The standard InChI is InChI=1S/2C33H55NO4SSi/c2*1-22-17-15-13-14-16-18-28(23(2)19-27-21-39-26(5)34-27)37-30(35)20-29(38-40(11,12)32(6,7)8)33(9,10)31(36)25(4)24(22)3/h2*14,16,19,21-22,24-25,28-29H,13,15,17-18,20H2,1-12H3/b2*16-14-,23-19+/t22-,24+,25-,28-,29-;22-,24-,25+,28-,29-/m00/s1. The number of thiazole rings is 2. The predicted octanol–water partition coefficient (Wildman–Crippen LogP) is 18.4. The van der Waals surface area contributed by atoms with Gasteiger partial charge in [-0.1, -0.05) is 148 Å². The third-order valence-electron chi connectivity index (χ3n) is 19.0. The number of ketones is 2. The molecule has 0 amide bonds. The lowest BCUT2D eigenvalue weighted by Gasteiger charge is -2.44. The molecular formula is C66H110N2O8S2Si2. The van der Waals surface area contributed by atoms with E-state index >= 15 is 0 Å². The summed E-state index contributed by atoms with van der Waals surface area (Å²) in [6.45, 7) is 50.7. The van der Waals surface area contributed by atoms with Crippen LogP contribution in [-0.2, 0) is 37.5 Å². The summed E-state index contributed by atoms with van der Waals surface area (Å²) in [5.41, 5.74) is 2.01. The van der Waals surface area contributed by atoms with Gasteiger partial charge in [0.15, 0.2) is 16.6 Å². The summed E-state index contributed by atoms with van der Waals surface area (Å²) in [6, 6.07) is 0. The van der Waals surface area contributed by atoms with E-state index in [0.717, 1.165) is 71.1 Å². The lowest BCUT2D eigenvalue weighted by molar-refractivity contribution is -0.154. The highest BCUT2D eigenvalue weighted by atomic mass is 32.1. The minimum Gasteiger partial charge on any atom is -0.457 e. The Morgan fingerprint density at radius 1 is 0.588 bits per heavy atom. The number of hydrogen-bond acceptors (Lipinski definition) is 12. The van der Waals surface area contributed by atoms with Crippen molar-refractivity contribution >= 4 is 75.0 Å². The lowest BCUT2D eigenvalue weighted by atomic mass is 9.70. The highest BCUT2D eigenvalue weighted by molar-refractivity contribution is 7.09. The van der Waals surface area contributed by atoms with E-state index < -0.39 is 51.9 Å². The van der Waals surface area contributed by atoms with E-state index in [4.69, 9.17) is 18.3 Å². The van der Waals surface area contributed by atoms with Gasteiger partial charge >= 0.3 is 11.9 Å². The number of cyclic esters (lactones) is 2. The second-order valence-electron chi connectivity index (χ2n) is 28.2. The number of aryl methyl sites for hydroxylation is 2. The molecule has 0 unspecified atom stereocenters. The van der Waals surface area contributed by atoms with Crippen LogP contribution >= 0.6 is 22.7 Å². The number of nitrogens with zero attached hydrogens (tertiary/aromatic N) is 2. The van der Waals surface area contributed by atoms with Crippen LogP contribution in [0.25, 0.3) is 12.2 Å². The van der Waals surface area contributed by atoms with Gasteiger partial charge in [-0.15, -0.1) is 22.7 Å². The Hall–Kier alpha value is -3.15. The number of rotatable bonds is 8. The summed E-state index contributed by atoms with van der Waals surface area (Å²) in [5.74, 6) is 0.775. The topological polar surface area (TPSA) is 131 Å². The van der Waals surface area contributed by atoms with Gasteiger partial charge in [0, 0.05) is 46.3 Å².